The van der Waals surface area contributed by atoms with Crippen molar-refractivity contribution in [2.24, 2.45) is 4.99 Å². The SMILES string of the molecule is CC(=O)Nc1ccc(-n2c(O)c(C3=c4cc(Br)ccc4=NC3=O)sc2=S)cc1. The van der Waals surface area contributed by atoms with Gasteiger partial charge in [-0.3, -0.25) is 14.2 Å². The molecule has 0 bridgehead atoms. The predicted molar refractivity (Wildman–Crippen MR) is 113 cm³/mol. The van der Waals surface area contributed by atoms with Crippen LogP contribution in [0.15, 0.2) is 51.9 Å². The molecule has 0 saturated heterocycles. The van der Waals surface area contributed by atoms with Crippen LogP contribution in [-0.4, -0.2) is 21.5 Å². The predicted octanol–water partition coefficient (Wildman–Crippen LogP) is 3.05. The van der Waals surface area contributed by atoms with E-state index in [2.05, 4.69) is 26.2 Å². The number of benzene rings is 2. The van der Waals surface area contributed by atoms with Crippen LogP contribution in [0, 0.1) is 3.95 Å². The van der Waals surface area contributed by atoms with Gasteiger partial charge >= 0.3 is 0 Å². The molecule has 0 spiro atoms. The number of hydrogen-bond acceptors (Lipinski definition) is 5. The average Bonchev–Trinajstić information content (AvgIpc) is 3.10. The molecule has 2 N–H and O–H groups in total. The summed E-state index contributed by atoms with van der Waals surface area (Å²) in [5.74, 6) is -0.698. The average molecular weight is 474 g/mol. The maximum absolute atomic E-state index is 12.5. The second kappa shape index (κ2) is 7.08. The molecule has 1 aliphatic rings. The summed E-state index contributed by atoms with van der Waals surface area (Å²) in [5.41, 5.74) is 1.59. The third-order valence-corrected chi connectivity index (χ3v) is 6.00. The molecule has 9 heteroatoms. The molecule has 0 radical (unpaired) electrons. The monoisotopic (exact) mass is 473 g/mol. The number of nitrogens with one attached hydrogen (secondary N) is 1. The fraction of sp³-hybridized carbons (Fsp3) is 0.0526. The molecule has 3 aromatic rings. The van der Waals surface area contributed by atoms with Crippen molar-refractivity contribution in [3.8, 4) is 11.6 Å². The molecule has 2 heterocycles. The molecule has 0 unspecified atom stereocenters. The van der Waals surface area contributed by atoms with Gasteiger partial charge in [-0.25, -0.2) is 4.99 Å². The number of anilines is 1. The molecule has 2 aromatic carbocycles. The van der Waals surface area contributed by atoms with Crippen LogP contribution in [0.1, 0.15) is 11.8 Å². The number of aromatic nitrogens is 1. The van der Waals surface area contributed by atoms with Gasteiger partial charge in [-0.05, 0) is 54.7 Å². The Morgan fingerprint density at radius 1 is 1.25 bits per heavy atom. The second-order valence-corrected chi connectivity index (χ2v) is 8.60. The Hall–Kier alpha value is -2.62. The van der Waals surface area contributed by atoms with Gasteiger partial charge in [-0.15, -0.1) is 11.3 Å². The highest BCUT2D eigenvalue weighted by Gasteiger charge is 2.25. The minimum Gasteiger partial charge on any atom is -0.493 e. The van der Waals surface area contributed by atoms with E-state index in [0.717, 1.165) is 15.8 Å². The van der Waals surface area contributed by atoms with Crippen molar-refractivity contribution in [3.05, 3.63) is 66.3 Å². The van der Waals surface area contributed by atoms with Crippen LogP contribution in [0.5, 0.6) is 5.88 Å². The van der Waals surface area contributed by atoms with E-state index >= 15 is 0 Å². The minimum absolute atomic E-state index is 0.117. The van der Waals surface area contributed by atoms with Gasteiger partial charge in [-0.2, -0.15) is 0 Å². The number of aromatic hydroxyl groups is 1. The lowest BCUT2D eigenvalue weighted by Crippen LogP contribution is -2.22. The lowest BCUT2D eigenvalue weighted by atomic mass is 10.1. The van der Waals surface area contributed by atoms with Crippen LogP contribution in [-0.2, 0) is 9.59 Å². The Morgan fingerprint density at radius 2 is 1.96 bits per heavy atom. The maximum Gasteiger partial charge on any atom is 0.279 e. The normalized spacial score (nSPS) is 12.6. The van der Waals surface area contributed by atoms with Crippen molar-refractivity contribution in [2.75, 3.05) is 5.32 Å². The summed E-state index contributed by atoms with van der Waals surface area (Å²) in [5, 5.41) is 14.8. The van der Waals surface area contributed by atoms with E-state index < -0.39 is 5.91 Å². The third-order valence-electron chi connectivity index (χ3n) is 4.12. The summed E-state index contributed by atoms with van der Waals surface area (Å²) in [6.07, 6.45) is 0. The van der Waals surface area contributed by atoms with Gasteiger partial charge < -0.3 is 10.4 Å². The van der Waals surface area contributed by atoms with E-state index in [0.29, 0.717) is 36.4 Å². The standard InChI is InChI=1S/C19H12BrN3O3S2/c1-9(24)21-11-3-5-12(6-4-11)23-18(26)16(28-19(23)27)15-13-8-10(20)2-7-14(13)22-17(15)25/h2-8,26H,1H3,(H,21,24). The number of halogens is 1. The molecule has 6 nitrogen and oxygen atoms in total. The quantitative estimate of drug-likeness (QED) is 0.572. The fourth-order valence-corrected chi connectivity index (χ4v) is 4.70. The summed E-state index contributed by atoms with van der Waals surface area (Å²) < 4.78 is 2.69. The van der Waals surface area contributed by atoms with Gasteiger partial charge in [0.25, 0.3) is 5.91 Å². The van der Waals surface area contributed by atoms with E-state index in [9.17, 15) is 14.7 Å². The number of amides is 2. The molecule has 0 aliphatic carbocycles. The topological polar surface area (TPSA) is 83.7 Å². The highest BCUT2D eigenvalue weighted by molar-refractivity contribution is 9.10. The number of rotatable bonds is 3. The zero-order valence-electron chi connectivity index (χ0n) is 14.4. The lowest BCUT2D eigenvalue weighted by Gasteiger charge is -2.07. The van der Waals surface area contributed by atoms with Gasteiger partial charge in [0.1, 0.15) is 4.88 Å². The Balaban J connectivity index is 1.87. The Morgan fingerprint density at radius 3 is 2.64 bits per heavy atom. The summed E-state index contributed by atoms with van der Waals surface area (Å²) >= 11 is 9.98. The summed E-state index contributed by atoms with van der Waals surface area (Å²) in [6, 6.07) is 12.2. The minimum atomic E-state index is -0.409. The smallest absolute Gasteiger partial charge is 0.279 e. The van der Waals surface area contributed by atoms with E-state index in [1.165, 1.54) is 11.5 Å². The molecule has 4 rings (SSSR count). The maximum atomic E-state index is 12.5. The largest absolute Gasteiger partial charge is 0.493 e. The van der Waals surface area contributed by atoms with Crippen LogP contribution in [0.4, 0.5) is 5.69 Å². The van der Waals surface area contributed by atoms with Gasteiger partial charge in [0.15, 0.2) is 3.95 Å². The molecular formula is C19H12BrN3O3S2. The van der Waals surface area contributed by atoms with Crippen molar-refractivity contribution in [1.29, 1.82) is 0 Å². The first kappa shape index (κ1) is 18.7. The van der Waals surface area contributed by atoms with E-state index in [1.807, 2.05) is 6.07 Å². The fourth-order valence-electron chi connectivity index (χ4n) is 2.96. The number of fused-ring (bicyclic) bond motifs is 1. The number of carbonyl (C=O) groups is 2. The van der Waals surface area contributed by atoms with Crippen molar-refractivity contribution < 1.29 is 14.7 Å². The molecular weight excluding hydrogens is 462 g/mol. The number of thiazole rings is 1. The first-order valence-electron chi connectivity index (χ1n) is 8.11. The molecule has 1 aliphatic heterocycles. The molecule has 140 valence electrons. The van der Waals surface area contributed by atoms with Gasteiger partial charge in [-0.1, -0.05) is 15.9 Å². The molecule has 1 aromatic heterocycles. The molecule has 0 fully saturated rings. The first-order chi connectivity index (χ1) is 13.3. The third kappa shape index (κ3) is 3.21. The van der Waals surface area contributed by atoms with Gasteiger partial charge in [0, 0.05) is 22.3 Å². The van der Waals surface area contributed by atoms with Crippen LogP contribution in [0.25, 0.3) is 11.3 Å². The summed E-state index contributed by atoms with van der Waals surface area (Å²) in [6.45, 7) is 1.43. The molecule has 2 amide bonds. The van der Waals surface area contributed by atoms with Gasteiger partial charge in [0.2, 0.25) is 11.8 Å². The van der Waals surface area contributed by atoms with E-state index in [-0.39, 0.29) is 11.8 Å². The highest BCUT2D eigenvalue weighted by atomic mass is 79.9. The Labute approximate surface area is 176 Å². The molecule has 0 atom stereocenters. The number of carbonyl (C=O) groups excluding carboxylic acids is 2. The molecule has 28 heavy (non-hydrogen) atoms. The van der Waals surface area contributed by atoms with Crippen LogP contribution < -0.4 is 15.9 Å². The lowest BCUT2D eigenvalue weighted by molar-refractivity contribution is -0.114. The zero-order valence-corrected chi connectivity index (χ0v) is 17.6. The summed E-state index contributed by atoms with van der Waals surface area (Å²) in [7, 11) is 0. The van der Waals surface area contributed by atoms with Crippen LogP contribution in [0.3, 0.4) is 0 Å². The number of hydrogen-bond donors (Lipinski definition) is 2. The van der Waals surface area contributed by atoms with Crippen molar-refractivity contribution >= 4 is 62.6 Å². The summed E-state index contributed by atoms with van der Waals surface area (Å²) in [4.78, 5) is 28.1. The first-order valence-corrected chi connectivity index (χ1v) is 10.1. The van der Waals surface area contributed by atoms with Crippen LogP contribution in [0.2, 0.25) is 0 Å². The van der Waals surface area contributed by atoms with Crippen molar-refractivity contribution in [2.45, 2.75) is 6.92 Å². The Kier molecular flexibility index (Phi) is 4.74. The van der Waals surface area contributed by atoms with E-state index in [4.69, 9.17) is 12.2 Å². The molecule has 0 saturated carbocycles. The van der Waals surface area contributed by atoms with Crippen LogP contribution >= 0.6 is 39.5 Å². The highest BCUT2D eigenvalue weighted by Crippen LogP contribution is 2.35. The Bertz CT molecular complexity index is 1320. The van der Waals surface area contributed by atoms with Gasteiger partial charge in [0.05, 0.1) is 16.6 Å². The van der Waals surface area contributed by atoms with Crippen molar-refractivity contribution in [1.82, 2.24) is 4.57 Å². The zero-order chi connectivity index (χ0) is 20.0. The van der Waals surface area contributed by atoms with Crippen molar-refractivity contribution in [3.63, 3.8) is 0 Å². The number of nitrogens with zero attached hydrogens (tertiary/aromatic N) is 2. The van der Waals surface area contributed by atoms with E-state index in [1.54, 1.807) is 36.4 Å². The second-order valence-electron chi connectivity index (χ2n) is 6.04.